The molecule has 0 aliphatic rings. The normalized spacial score (nSPS) is 12.7. The molecule has 1 unspecified atom stereocenters. The number of halogens is 1. The first-order valence-corrected chi connectivity index (χ1v) is 7.07. The van der Waals surface area contributed by atoms with Gasteiger partial charge in [-0.25, -0.2) is 9.07 Å². The summed E-state index contributed by atoms with van der Waals surface area (Å²) in [5, 5.41) is 4.33. The number of benzene rings is 1. The van der Waals surface area contributed by atoms with Gasteiger partial charge in [0, 0.05) is 12.1 Å². The fraction of sp³-hybridized carbons (Fsp3) is 0.375. The molecule has 112 valence electrons. The highest BCUT2D eigenvalue weighted by Gasteiger charge is 2.17. The highest BCUT2D eigenvalue weighted by molar-refractivity contribution is 5.31. The van der Waals surface area contributed by atoms with Crippen LogP contribution in [0.4, 0.5) is 4.39 Å². The van der Waals surface area contributed by atoms with Crippen molar-refractivity contribution in [3.8, 4) is 0 Å². The third-order valence-electron chi connectivity index (χ3n) is 3.48. The minimum atomic E-state index is -0.587. The van der Waals surface area contributed by atoms with E-state index in [0.717, 1.165) is 5.69 Å². The summed E-state index contributed by atoms with van der Waals surface area (Å²) in [6.45, 7) is 6.38. The van der Waals surface area contributed by atoms with Gasteiger partial charge in [0.05, 0.1) is 11.7 Å². The average molecular weight is 289 g/mol. The van der Waals surface area contributed by atoms with Crippen LogP contribution in [-0.4, -0.2) is 9.78 Å². The molecule has 2 rings (SSSR count). The molecule has 0 spiro atoms. The van der Waals surface area contributed by atoms with E-state index in [9.17, 15) is 9.18 Å². The topological polar surface area (TPSA) is 60.9 Å². The van der Waals surface area contributed by atoms with Gasteiger partial charge in [0.25, 0.3) is 5.56 Å². The standard InChI is InChI=1S/C16H20FN3O/c1-4-20-16(21)13(9-14(19-20)10(2)3)15(18)11-5-7-12(17)8-6-11/h5-10,15H,4,18H2,1-3H3. The Hall–Kier alpha value is -2.01. The van der Waals surface area contributed by atoms with Gasteiger partial charge in [-0.3, -0.25) is 4.79 Å². The molecule has 1 heterocycles. The lowest BCUT2D eigenvalue weighted by Gasteiger charge is -2.16. The lowest BCUT2D eigenvalue weighted by Crippen LogP contribution is -2.31. The lowest BCUT2D eigenvalue weighted by atomic mass is 9.99. The molecule has 0 radical (unpaired) electrons. The van der Waals surface area contributed by atoms with Crippen molar-refractivity contribution in [3.05, 3.63) is 63.3 Å². The van der Waals surface area contributed by atoms with Gasteiger partial charge in [-0.2, -0.15) is 5.10 Å². The van der Waals surface area contributed by atoms with Crippen LogP contribution in [0.1, 0.15) is 49.6 Å². The van der Waals surface area contributed by atoms with Gasteiger partial charge in [0.2, 0.25) is 0 Å². The molecule has 2 aromatic rings. The summed E-state index contributed by atoms with van der Waals surface area (Å²) < 4.78 is 14.4. The van der Waals surface area contributed by atoms with E-state index in [1.54, 1.807) is 18.2 Å². The zero-order valence-corrected chi connectivity index (χ0v) is 12.5. The Bertz CT molecular complexity index is 677. The van der Waals surface area contributed by atoms with Crippen LogP contribution >= 0.6 is 0 Å². The molecule has 5 heteroatoms. The first-order valence-electron chi connectivity index (χ1n) is 7.07. The van der Waals surface area contributed by atoms with Crippen LogP contribution in [0.5, 0.6) is 0 Å². The van der Waals surface area contributed by atoms with Crippen molar-refractivity contribution < 1.29 is 4.39 Å². The van der Waals surface area contributed by atoms with Crippen LogP contribution in [-0.2, 0) is 6.54 Å². The molecule has 0 amide bonds. The van der Waals surface area contributed by atoms with Crippen LogP contribution in [0, 0.1) is 5.82 Å². The summed E-state index contributed by atoms with van der Waals surface area (Å²) >= 11 is 0. The Morgan fingerprint density at radius 2 is 1.90 bits per heavy atom. The second-order valence-corrected chi connectivity index (χ2v) is 5.33. The van der Waals surface area contributed by atoms with E-state index < -0.39 is 6.04 Å². The number of nitrogens with two attached hydrogens (primary N) is 1. The molecule has 1 atom stereocenters. The van der Waals surface area contributed by atoms with Gasteiger partial charge in [-0.05, 0) is 36.6 Å². The molecule has 0 saturated heterocycles. The van der Waals surface area contributed by atoms with Crippen molar-refractivity contribution in [2.24, 2.45) is 5.73 Å². The number of aromatic nitrogens is 2. The first-order chi connectivity index (χ1) is 9.93. The van der Waals surface area contributed by atoms with Gasteiger partial charge in [0.15, 0.2) is 0 Å². The Morgan fingerprint density at radius 1 is 1.29 bits per heavy atom. The Morgan fingerprint density at radius 3 is 2.43 bits per heavy atom. The van der Waals surface area contributed by atoms with Gasteiger partial charge < -0.3 is 5.73 Å². The highest BCUT2D eigenvalue weighted by Crippen LogP contribution is 2.20. The molecule has 0 bridgehead atoms. The summed E-state index contributed by atoms with van der Waals surface area (Å²) in [6.07, 6.45) is 0. The van der Waals surface area contributed by atoms with Crippen molar-refractivity contribution in [2.45, 2.75) is 39.3 Å². The fourth-order valence-electron chi connectivity index (χ4n) is 2.15. The number of hydrogen-bond acceptors (Lipinski definition) is 3. The molecule has 4 nitrogen and oxygen atoms in total. The molecule has 21 heavy (non-hydrogen) atoms. The molecule has 0 aliphatic heterocycles. The summed E-state index contributed by atoms with van der Waals surface area (Å²) in [4.78, 5) is 12.4. The predicted molar refractivity (Wildman–Crippen MR) is 80.7 cm³/mol. The third-order valence-corrected chi connectivity index (χ3v) is 3.48. The second-order valence-electron chi connectivity index (χ2n) is 5.33. The number of aryl methyl sites for hydroxylation is 1. The van der Waals surface area contributed by atoms with E-state index in [1.807, 2.05) is 20.8 Å². The van der Waals surface area contributed by atoms with Gasteiger partial charge >= 0.3 is 0 Å². The number of hydrogen-bond donors (Lipinski definition) is 1. The third kappa shape index (κ3) is 3.19. The molecular weight excluding hydrogens is 269 g/mol. The predicted octanol–water partition coefficient (Wildman–Crippen LogP) is 2.57. The minimum absolute atomic E-state index is 0.196. The van der Waals surface area contributed by atoms with Crippen molar-refractivity contribution in [1.82, 2.24) is 9.78 Å². The summed E-state index contributed by atoms with van der Waals surface area (Å²) in [5.74, 6) is -0.128. The summed E-state index contributed by atoms with van der Waals surface area (Å²) in [7, 11) is 0. The smallest absolute Gasteiger partial charge is 0.271 e. The van der Waals surface area contributed by atoms with Crippen molar-refractivity contribution in [3.63, 3.8) is 0 Å². The van der Waals surface area contributed by atoms with Gasteiger partial charge in [-0.15, -0.1) is 0 Å². The number of rotatable bonds is 4. The summed E-state index contributed by atoms with van der Waals surface area (Å²) in [5.41, 5.74) is 8.02. The molecule has 1 aromatic carbocycles. The van der Waals surface area contributed by atoms with Crippen LogP contribution in [0.3, 0.4) is 0 Å². The molecule has 1 aromatic heterocycles. The maximum Gasteiger partial charge on any atom is 0.271 e. The van der Waals surface area contributed by atoms with Crippen LogP contribution in [0.15, 0.2) is 35.1 Å². The highest BCUT2D eigenvalue weighted by atomic mass is 19.1. The van der Waals surface area contributed by atoms with Crippen molar-refractivity contribution in [2.75, 3.05) is 0 Å². The SMILES string of the molecule is CCn1nc(C(C)C)cc(C(N)c2ccc(F)cc2)c1=O. The zero-order valence-electron chi connectivity index (χ0n) is 12.5. The maximum absolute atomic E-state index is 13.0. The van der Waals surface area contributed by atoms with Gasteiger partial charge in [0.1, 0.15) is 5.82 Å². The number of nitrogens with zero attached hydrogens (tertiary/aromatic N) is 2. The molecule has 0 saturated carbocycles. The zero-order chi connectivity index (χ0) is 15.6. The Labute approximate surface area is 123 Å². The lowest BCUT2D eigenvalue weighted by molar-refractivity contribution is 0.572. The largest absolute Gasteiger partial charge is 0.320 e. The van der Waals surface area contributed by atoms with E-state index in [2.05, 4.69) is 5.10 Å². The molecular formula is C16H20FN3O. The quantitative estimate of drug-likeness (QED) is 0.941. The van der Waals surface area contributed by atoms with E-state index in [4.69, 9.17) is 5.73 Å². The monoisotopic (exact) mass is 289 g/mol. The average Bonchev–Trinajstić information content (AvgIpc) is 2.47. The fourth-order valence-corrected chi connectivity index (χ4v) is 2.15. The molecule has 2 N–H and O–H groups in total. The van der Waals surface area contributed by atoms with Crippen LogP contribution in [0.25, 0.3) is 0 Å². The molecule has 0 aliphatic carbocycles. The molecule has 0 fully saturated rings. The van der Waals surface area contributed by atoms with Crippen molar-refractivity contribution >= 4 is 0 Å². The second kappa shape index (κ2) is 6.18. The van der Waals surface area contributed by atoms with Crippen molar-refractivity contribution in [1.29, 1.82) is 0 Å². The Balaban J connectivity index is 2.53. The van der Waals surface area contributed by atoms with E-state index in [1.165, 1.54) is 16.8 Å². The van der Waals surface area contributed by atoms with Gasteiger partial charge in [-0.1, -0.05) is 26.0 Å². The van der Waals surface area contributed by atoms with E-state index >= 15 is 0 Å². The Kier molecular flexibility index (Phi) is 4.53. The van der Waals surface area contributed by atoms with Crippen LogP contribution < -0.4 is 11.3 Å². The first kappa shape index (κ1) is 15.4. The summed E-state index contributed by atoms with van der Waals surface area (Å²) in [6, 6.07) is 7.07. The minimum Gasteiger partial charge on any atom is -0.320 e. The van der Waals surface area contributed by atoms with Crippen LogP contribution in [0.2, 0.25) is 0 Å². The van der Waals surface area contributed by atoms with E-state index in [0.29, 0.717) is 17.7 Å². The maximum atomic E-state index is 13.0. The van der Waals surface area contributed by atoms with E-state index in [-0.39, 0.29) is 17.3 Å².